The molecule has 0 aliphatic carbocycles. The quantitative estimate of drug-likeness (QED) is 0.603. The second kappa shape index (κ2) is 8.80. The molecule has 2 N–H and O–H groups in total. The second-order valence-corrected chi connectivity index (χ2v) is 16.3. The summed E-state index contributed by atoms with van der Waals surface area (Å²) in [6.07, 6.45) is -0.831. The highest BCUT2D eigenvalue weighted by Crippen LogP contribution is 2.42. The number of carboxylic acid groups (broad SMARTS) is 1. The molecule has 0 unspecified atom stereocenters. The number of hydrogen-bond acceptors (Lipinski definition) is 5. The molecule has 0 bridgehead atoms. The number of rotatable bonds is 6. The van der Waals surface area contributed by atoms with Crippen molar-refractivity contribution in [1.29, 1.82) is 0 Å². The Morgan fingerprint density at radius 3 is 2.12 bits per heavy atom. The Hall–Kier alpha value is -1.90. The molecular formula is C24H39NO6Si. The normalized spacial score (nSPS) is 24.5. The van der Waals surface area contributed by atoms with Crippen LogP contribution < -0.4 is 0 Å². The van der Waals surface area contributed by atoms with Gasteiger partial charge >= 0.3 is 12.1 Å². The van der Waals surface area contributed by atoms with Crippen LogP contribution in [0.5, 0.6) is 0 Å². The number of hydrogen-bond donors (Lipinski definition) is 2. The van der Waals surface area contributed by atoms with Crippen LogP contribution in [0.2, 0.25) is 18.1 Å². The molecule has 1 heterocycles. The summed E-state index contributed by atoms with van der Waals surface area (Å²) in [6, 6.07) is 9.14. The van der Waals surface area contributed by atoms with Gasteiger partial charge in [0.2, 0.25) is 0 Å². The first kappa shape index (κ1) is 26.4. The van der Waals surface area contributed by atoms with Gasteiger partial charge in [-0.15, -0.1) is 0 Å². The third-order valence-electron chi connectivity index (χ3n) is 6.45. The number of nitrogens with zero attached hydrogens (tertiary/aromatic N) is 1. The molecule has 1 aliphatic heterocycles. The van der Waals surface area contributed by atoms with Crippen LogP contribution in [-0.4, -0.2) is 65.4 Å². The molecule has 2 atom stereocenters. The first-order valence-corrected chi connectivity index (χ1v) is 14.0. The van der Waals surface area contributed by atoms with Gasteiger partial charge in [0.05, 0.1) is 13.2 Å². The third-order valence-corrected chi connectivity index (χ3v) is 10.9. The number of carbonyl (C=O) groups is 2. The van der Waals surface area contributed by atoms with Gasteiger partial charge in [-0.25, -0.2) is 9.59 Å². The molecule has 0 spiro atoms. The zero-order chi connectivity index (χ0) is 24.6. The van der Waals surface area contributed by atoms with E-state index in [1.54, 1.807) is 20.8 Å². The van der Waals surface area contributed by atoms with E-state index < -0.39 is 37.1 Å². The summed E-state index contributed by atoms with van der Waals surface area (Å²) >= 11 is 0. The van der Waals surface area contributed by atoms with Crippen molar-refractivity contribution < 1.29 is 29.0 Å². The van der Waals surface area contributed by atoms with Crippen molar-refractivity contribution in [2.75, 3.05) is 13.2 Å². The van der Waals surface area contributed by atoms with E-state index in [4.69, 9.17) is 9.16 Å². The zero-order valence-electron chi connectivity index (χ0n) is 20.7. The van der Waals surface area contributed by atoms with Crippen molar-refractivity contribution in [2.45, 2.75) is 89.3 Å². The highest BCUT2D eigenvalue weighted by atomic mass is 28.4. The van der Waals surface area contributed by atoms with E-state index in [-0.39, 0.29) is 31.0 Å². The molecule has 1 aliphatic rings. The van der Waals surface area contributed by atoms with Crippen molar-refractivity contribution >= 4 is 20.4 Å². The fraction of sp³-hybridized carbons (Fsp3) is 0.667. The van der Waals surface area contributed by atoms with E-state index >= 15 is 0 Å². The maximum Gasteiger partial charge on any atom is 0.411 e. The molecule has 0 saturated carbocycles. The predicted octanol–water partition coefficient (Wildman–Crippen LogP) is 4.45. The molecule has 1 saturated heterocycles. The van der Waals surface area contributed by atoms with Gasteiger partial charge in [0.25, 0.3) is 0 Å². The lowest BCUT2D eigenvalue weighted by Crippen LogP contribution is -2.55. The Balaban J connectivity index is 2.43. The molecule has 0 radical (unpaired) electrons. The average molecular weight is 466 g/mol. The van der Waals surface area contributed by atoms with Crippen molar-refractivity contribution in [1.82, 2.24) is 4.90 Å². The lowest BCUT2D eigenvalue weighted by atomic mass is 9.84. The molecule has 2 rings (SSSR count). The van der Waals surface area contributed by atoms with Crippen LogP contribution in [-0.2, 0) is 20.4 Å². The Morgan fingerprint density at radius 2 is 1.66 bits per heavy atom. The van der Waals surface area contributed by atoms with Crippen LogP contribution in [0.3, 0.4) is 0 Å². The van der Waals surface area contributed by atoms with Crippen LogP contribution in [0.25, 0.3) is 0 Å². The van der Waals surface area contributed by atoms with Crippen molar-refractivity contribution in [2.24, 2.45) is 0 Å². The lowest BCUT2D eigenvalue weighted by Gasteiger charge is -2.38. The van der Waals surface area contributed by atoms with E-state index in [2.05, 4.69) is 33.9 Å². The second-order valence-electron chi connectivity index (χ2n) is 11.5. The van der Waals surface area contributed by atoms with E-state index in [9.17, 15) is 19.8 Å². The largest absolute Gasteiger partial charge is 0.479 e. The summed E-state index contributed by atoms with van der Waals surface area (Å²) in [4.78, 5) is 27.0. The standard InChI is InChI=1S/C24H39NO6Si/c1-21(2,3)31-20(28)25-16-23(29,17-30-32(7,8)22(4,5)6)15-24(25,19(26)27)14-18-12-10-9-11-13-18/h9-13,29H,14-17H2,1-8H3,(H,26,27)/t23-,24+/m1/s1. The smallest absolute Gasteiger partial charge is 0.411 e. The van der Waals surface area contributed by atoms with Crippen LogP contribution in [0.1, 0.15) is 53.5 Å². The van der Waals surface area contributed by atoms with Crippen LogP contribution in [0.15, 0.2) is 30.3 Å². The molecule has 32 heavy (non-hydrogen) atoms. The summed E-state index contributed by atoms with van der Waals surface area (Å²) in [5.74, 6) is -1.17. The van der Waals surface area contributed by atoms with E-state index in [0.717, 1.165) is 5.56 Å². The number of aliphatic carboxylic acids is 1. The first-order valence-electron chi connectivity index (χ1n) is 11.1. The van der Waals surface area contributed by atoms with E-state index in [0.29, 0.717) is 0 Å². The monoisotopic (exact) mass is 465 g/mol. The van der Waals surface area contributed by atoms with Crippen LogP contribution in [0.4, 0.5) is 4.79 Å². The van der Waals surface area contributed by atoms with Crippen LogP contribution in [0, 0.1) is 0 Å². The van der Waals surface area contributed by atoms with E-state index in [1.165, 1.54) is 4.90 Å². The van der Waals surface area contributed by atoms with Gasteiger partial charge in [0, 0.05) is 12.8 Å². The maximum atomic E-state index is 13.1. The summed E-state index contributed by atoms with van der Waals surface area (Å²) in [5.41, 5.74) is -3.18. The number of carbonyl (C=O) groups excluding carboxylic acids is 1. The summed E-state index contributed by atoms with van der Waals surface area (Å²) < 4.78 is 11.8. The molecule has 1 fully saturated rings. The number of ether oxygens (including phenoxy) is 1. The number of benzene rings is 1. The van der Waals surface area contributed by atoms with Crippen LogP contribution >= 0.6 is 0 Å². The highest BCUT2D eigenvalue weighted by molar-refractivity contribution is 6.74. The molecule has 180 valence electrons. The summed E-state index contributed by atoms with van der Waals surface area (Å²) in [6.45, 7) is 15.4. The fourth-order valence-electron chi connectivity index (χ4n) is 3.68. The summed E-state index contributed by atoms with van der Waals surface area (Å²) in [5, 5.41) is 21.8. The topological polar surface area (TPSA) is 96.3 Å². The molecule has 1 amide bonds. The molecular weight excluding hydrogens is 426 g/mol. The minimum atomic E-state index is -2.20. The number of likely N-dealkylation sites (tertiary alicyclic amines) is 1. The number of carboxylic acids is 1. The van der Waals surface area contributed by atoms with Crippen molar-refractivity contribution in [3.63, 3.8) is 0 Å². The Labute approximate surface area is 192 Å². The number of β-amino-alcohol motifs (C(OH)–C–C–N with tert-alkyl or cyclic N) is 1. The molecule has 1 aromatic rings. The van der Waals surface area contributed by atoms with Gasteiger partial charge in [0.15, 0.2) is 13.9 Å². The molecule has 0 aromatic heterocycles. The van der Waals surface area contributed by atoms with Gasteiger partial charge in [-0.1, -0.05) is 51.1 Å². The van der Waals surface area contributed by atoms with Gasteiger partial charge < -0.3 is 19.4 Å². The Morgan fingerprint density at radius 1 is 1.09 bits per heavy atom. The number of amides is 1. The molecule has 1 aromatic carbocycles. The minimum absolute atomic E-state index is 0.0351. The van der Waals surface area contributed by atoms with Gasteiger partial charge in [-0.3, -0.25) is 4.90 Å². The zero-order valence-corrected chi connectivity index (χ0v) is 21.7. The molecule has 7 nitrogen and oxygen atoms in total. The van der Waals surface area contributed by atoms with Gasteiger partial charge in [-0.05, 0) is 44.5 Å². The van der Waals surface area contributed by atoms with Gasteiger partial charge in [-0.2, -0.15) is 0 Å². The Kier molecular flexibility index (Phi) is 7.24. The van der Waals surface area contributed by atoms with Crippen molar-refractivity contribution in [3.8, 4) is 0 Å². The first-order chi connectivity index (χ1) is 14.4. The predicted molar refractivity (Wildman–Crippen MR) is 126 cm³/mol. The average Bonchev–Trinajstić information content (AvgIpc) is 2.93. The molecule has 8 heteroatoms. The maximum absolute atomic E-state index is 13.1. The lowest BCUT2D eigenvalue weighted by molar-refractivity contribution is -0.149. The van der Waals surface area contributed by atoms with Crippen molar-refractivity contribution in [3.05, 3.63) is 35.9 Å². The minimum Gasteiger partial charge on any atom is -0.479 e. The fourth-order valence-corrected chi connectivity index (χ4v) is 4.75. The van der Waals surface area contributed by atoms with Gasteiger partial charge in [0.1, 0.15) is 11.2 Å². The summed E-state index contributed by atoms with van der Waals surface area (Å²) in [7, 11) is -2.20. The number of aliphatic hydroxyl groups is 1. The third kappa shape index (κ3) is 5.91. The Bertz CT molecular complexity index is 829. The van der Waals surface area contributed by atoms with E-state index in [1.807, 2.05) is 30.3 Å². The highest BCUT2D eigenvalue weighted by Gasteiger charge is 2.60. The SMILES string of the molecule is CC(C)(C)OC(=O)N1C[C@@](O)(CO[Si](C)(C)C(C)(C)C)C[C@@]1(Cc1ccccc1)C(=O)O.